The number of hydrogen-bond donors (Lipinski definition) is 0. The Morgan fingerprint density at radius 1 is 0.880 bits per heavy atom. The minimum atomic E-state index is 0.225. The van der Waals surface area contributed by atoms with Gasteiger partial charge in [0.25, 0.3) is 5.89 Å². The monoisotopic (exact) mass is 332 g/mol. The van der Waals surface area contributed by atoms with Crippen LogP contribution >= 0.6 is 0 Å². The molecule has 2 aromatic heterocycles. The SMILES string of the molecule is c1ccc(Cc2ccc(OCc3nc(-c4ccoc4)no3)cc2)cc1. The van der Waals surface area contributed by atoms with Crippen molar-refractivity contribution in [1.82, 2.24) is 10.1 Å². The van der Waals surface area contributed by atoms with Crippen molar-refractivity contribution in [1.29, 1.82) is 0 Å². The fourth-order valence-corrected chi connectivity index (χ4v) is 2.50. The third-order valence-electron chi connectivity index (χ3n) is 3.78. The fourth-order valence-electron chi connectivity index (χ4n) is 2.50. The first-order valence-corrected chi connectivity index (χ1v) is 7.98. The molecule has 2 aromatic carbocycles. The molecule has 0 bridgehead atoms. The number of rotatable bonds is 6. The van der Waals surface area contributed by atoms with Crippen LogP contribution in [0.2, 0.25) is 0 Å². The zero-order valence-electron chi connectivity index (χ0n) is 13.5. The van der Waals surface area contributed by atoms with Gasteiger partial charge < -0.3 is 13.7 Å². The lowest BCUT2D eigenvalue weighted by molar-refractivity contribution is 0.243. The van der Waals surface area contributed by atoms with Gasteiger partial charge in [0.15, 0.2) is 6.61 Å². The van der Waals surface area contributed by atoms with Gasteiger partial charge in [-0.05, 0) is 35.7 Å². The van der Waals surface area contributed by atoms with Crippen LogP contribution < -0.4 is 4.74 Å². The average molecular weight is 332 g/mol. The molecule has 2 heterocycles. The zero-order valence-corrected chi connectivity index (χ0v) is 13.5. The second kappa shape index (κ2) is 7.05. The van der Waals surface area contributed by atoms with Crippen molar-refractivity contribution in [3.63, 3.8) is 0 Å². The maximum absolute atomic E-state index is 5.71. The van der Waals surface area contributed by atoms with E-state index in [1.165, 1.54) is 11.1 Å². The Balaban J connectivity index is 1.35. The maximum Gasteiger partial charge on any atom is 0.264 e. The normalized spacial score (nSPS) is 10.7. The smallest absolute Gasteiger partial charge is 0.264 e. The van der Waals surface area contributed by atoms with Crippen LogP contribution in [0.4, 0.5) is 0 Å². The molecule has 0 saturated carbocycles. The Bertz CT molecular complexity index is 913. The summed E-state index contributed by atoms with van der Waals surface area (Å²) in [5.74, 6) is 1.68. The molecule has 5 heteroatoms. The van der Waals surface area contributed by atoms with E-state index in [0.717, 1.165) is 17.7 Å². The first-order chi connectivity index (χ1) is 12.4. The summed E-state index contributed by atoms with van der Waals surface area (Å²) >= 11 is 0. The molecule has 25 heavy (non-hydrogen) atoms. The van der Waals surface area contributed by atoms with E-state index in [0.29, 0.717) is 11.7 Å². The minimum absolute atomic E-state index is 0.225. The number of nitrogens with zero attached hydrogens (tertiary/aromatic N) is 2. The number of aromatic nitrogens is 2. The van der Waals surface area contributed by atoms with Crippen molar-refractivity contribution >= 4 is 0 Å². The number of benzene rings is 2. The van der Waals surface area contributed by atoms with Gasteiger partial charge in [-0.2, -0.15) is 4.98 Å². The third-order valence-corrected chi connectivity index (χ3v) is 3.78. The van der Waals surface area contributed by atoms with E-state index in [9.17, 15) is 0 Å². The summed E-state index contributed by atoms with van der Waals surface area (Å²) in [6.45, 7) is 0.225. The van der Waals surface area contributed by atoms with Gasteiger partial charge in [-0.3, -0.25) is 0 Å². The summed E-state index contributed by atoms with van der Waals surface area (Å²) in [6, 6.07) is 20.2. The molecule has 4 aromatic rings. The largest absolute Gasteiger partial charge is 0.484 e. The molecule has 0 aliphatic carbocycles. The van der Waals surface area contributed by atoms with Crippen LogP contribution in [-0.2, 0) is 13.0 Å². The molecule has 0 unspecified atom stereocenters. The maximum atomic E-state index is 5.71. The molecule has 0 radical (unpaired) electrons. The van der Waals surface area contributed by atoms with Crippen LogP contribution in [0.1, 0.15) is 17.0 Å². The summed E-state index contributed by atoms with van der Waals surface area (Å²) in [5, 5.41) is 3.91. The van der Waals surface area contributed by atoms with Crippen LogP contribution in [0, 0.1) is 0 Å². The Labute approximate surface area is 144 Å². The zero-order chi connectivity index (χ0) is 16.9. The number of furan rings is 1. The van der Waals surface area contributed by atoms with Crippen molar-refractivity contribution in [2.45, 2.75) is 13.0 Å². The van der Waals surface area contributed by atoms with Gasteiger partial charge in [0.2, 0.25) is 5.82 Å². The molecule has 4 rings (SSSR count). The van der Waals surface area contributed by atoms with E-state index >= 15 is 0 Å². The Kier molecular flexibility index (Phi) is 4.29. The van der Waals surface area contributed by atoms with Crippen LogP contribution in [-0.4, -0.2) is 10.1 Å². The molecule has 0 aliphatic rings. The van der Waals surface area contributed by atoms with Gasteiger partial charge in [0, 0.05) is 0 Å². The van der Waals surface area contributed by atoms with Crippen LogP contribution in [0.5, 0.6) is 5.75 Å². The van der Waals surface area contributed by atoms with Gasteiger partial charge in [0.05, 0.1) is 11.8 Å². The standard InChI is InChI=1S/C20H16N2O3/c1-2-4-15(5-3-1)12-16-6-8-18(9-7-16)24-14-19-21-20(22-25-19)17-10-11-23-13-17/h1-11,13H,12,14H2. The van der Waals surface area contributed by atoms with Crippen molar-refractivity contribution < 1.29 is 13.7 Å². The van der Waals surface area contributed by atoms with Gasteiger partial charge in [-0.25, -0.2) is 0 Å². The molecular weight excluding hydrogens is 316 g/mol. The quantitative estimate of drug-likeness (QED) is 0.520. The van der Waals surface area contributed by atoms with E-state index in [1.54, 1.807) is 18.6 Å². The highest BCUT2D eigenvalue weighted by molar-refractivity contribution is 5.51. The molecule has 0 atom stereocenters. The van der Waals surface area contributed by atoms with E-state index in [4.69, 9.17) is 13.7 Å². The first kappa shape index (κ1) is 15.2. The molecule has 0 fully saturated rings. The van der Waals surface area contributed by atoms with Crippen LogP contribution in [0.25, 0.3) is 11.4 Å². The average Bonchev–Trinajstić information content (AvgIpc) is 3.34. The molecule has 0 amide bonds. The second-order valence-corrected chi connectivity index (χ2v) is 5.62. The molecule has 0 aliphatic heterocycles. The lowest BCUT2D eigenvalue weighted by Crippen LogP contribution is -1.96. The van der Waals surface area contributed by atoms with Crippen molar-refractivity contribution in [3.8, 4) is 17.1 Å². The number of hydrogen-bond acceptors (Lipinski definition) is 5. The summed E-state index contributed by atoms with van der Waals surface area (Å²) in [5.41, 5.74) is 3.30. The fraction of sp³-hybridized carbons (Fsp3) is 0.100. The van der Waals surface area contributed by atoms with Gasteiger partial charge in [-0.1, -0.05) is 47.6 Å². The highest BCUT2D eigenvalue weighted by Crippen LogP contribution is 2.18. The topological polar surface area (TPSA) is 61.3 Å². The number of ether oxygens (including phenoxy) is 1. The van der Waals surface area contributed by atoms with Crippen molar-refractivity contribution in [3.05, 3.63) is 90.2 Å². The third kappa shape index (κ3) is 3.77. The van der Waals surface area contributed by atoms with Crippen LogP contribution in [0.3, 0.4) is 0 Å². The Morgan fingerprint density at radius 3 is 2.44 bits per heavy atom. The lowest BCUT2D eigenvalue weighted by Gasteiger charge is -2.05. The molecule has 0 saturated heterocycles. The van der Waals surface area contributed by atoms with Crippen molar-refractivity contribution in [2.75, 3.05) is 0 Å². The molecule has 0 N–H and O–H groups in total. The van der Waals surface area contributed by atoms with E-state index < -0.39 is 0 Å². The van der Waals surface area contributed by atoms with E-state index in [-0.39, 0.29) is 6.61 Å². The van der Waals surface area contributed by atoms with Gasteiger partial charge >= 0.3 is 0 Å². The van der Waals surface area contributed by atoms with Gasteiger partial charge in [0.1, 0.15) is 12.0 Å². The predicted molar refractivity (Wildman–Crippen MR) is 92.0 cm³/mol. The van der Waals surface area contributed by atoms with Crippen molar-refractivity contribution in [2.24, 2.45) is 0 Å². The Hall–Kier alpha value is -3.34. The van der Waals surface area contributed by atoms with Gasteiger partial charge in [-0.15, -0.1) is 0 Å². The summed E-state index contributed by atoms with van der Waals surface area (Å²) in [7, 11) is 0. The summed E-state index contributed by atoms with van der Waals surface area (Å²) in [6.07, 6.45) is 4.04. The summed E-state index contributed by atoms with van der Waals surface area (Å²) < 4.78 is 15.9. The lowest BCUT2D eigenvalue weighted by atomic mass is 10.1. The molecule has 0 spiro atoms. The highest BCUT2D eigenvalue weighted by atomic mass is 16.5. The molecule has 5 nitrogen and oxygen atoms in total. The van der Waals surface area contributed by atoms with E-state index in [2.05, 4.69) is 46.5 Å². The predicted octanol–water partition coefficient (Wildman–Crippen LogP) is 4.50. The van der Waals surface area contributed by atoms with E-state index in [1.807, 2.05) is 18.2 Å². The molecular formula is C20H16N2O3. The molecule has 124 valence electrons. The van der Waals surface area contributed by atoms with Crippen LogP contribution in [0.15, 0.2) is 82.1 Å². The summed E-state index contributed by atoms with van der Waals surface area (Å²) in [4.78, 5) is 4.28. The first-order valence-electron chi connectivity index (χ1n) is 7.98. The minimum Gasteiger partial charge on any atom is -0.484 e. The Morgan fingerprint density at radius 2 is 1.68 bits per heavy atom. The highest BCUT2D eigenvalue weighted by Gasteiger charge is 2.10. The second-order valence-electron chi connectivity index (χ2n) is 5.62.